The molecule has 8 atom stereocenters. The Morgan fingerprint density at radius 1 is 1.00 bits per heavy atom. The summed E-state index contributed by atoms with van der Waals surface area (Å²) in [5.74, 6) is 0.825. The molecule has 3 saturated carbocycles. The van der Waals surface area contributed by atoms with Crippen molar-refractivity contribution in [1.82, 2.24) is 0 Å². The summed E-state index contributed by atoms with van der Waals surface area (Å²) in [5.41, 5.74) is 0.257. The smallest absolute Gasteiger partial charge is 0.336 e. The number of hydrogen-bond donors (Lipinski definition) is 2. The van der Waals surface area contributed by atoms with E-state index in [1.807, 2.05) is 13.0 Å². The van der Waals surface area contributed by atoms with Crippen molar-refractivity contribution in [2.75, 3.05) is 7.11 Å². The van der Waals surface area contributed by atoms with Gasteiger partial charge in [0.25, 0.3) is 0 Å². The zero-order valence-electron chi connectivity index (χ0n) is 19.1. The molecule has 0 aromatic rings. The van der Waals surface area contributed by atoms with E-state index in [4.69, 9.17) is 4.74 Å². The predicted octanol–water partition coefficient (Wildman–Crippen LogP) is 4.49. The van der Waals surface area contributed by atoms with E-state index >= 15 is 0 Å². The molecule has 4 aliphatic carbocycles. The highest BCUT2D eigenvalue weighted by Gasteiger charge is 2.68. The van der Waals surface area contributed by atoms with E-state index in [0.717, 1.165) is 19.3 Å². The van der Waals surface area contributed by atoms with Gasteiger partial charge in [0.1, 0.15) is 0 Å². The van der Waals surface area contributed by atoms with Gasteiger partial charge in [0.05, 0.1) is 24.9 Å². The van der Waals surface area contributed by atoms with Crippen molar-refractivity contribution in [3.05, 3.63) is 11.6 Å². The van der Waals surface area contributed by atoms with Crippen LogP contribution in [0.3, 0.4) is 0 Å². The first-order chi connectivity index (χ1) is 13.4. The van der Waals surface area contributed by atoms with Crippen LogP contribution >= 0.6 is 0 Å². The van der Waals surface area contributed by atoms with Gasteiger partial charge in [-0.1, -0.05) is 47.1 Å². The molecule has 4 rings (SSSR count). The second-order valence-electron chi connectivity index (χ2n) is 12.0. The highest BCUT2D eigenvalue weighted by molar-refractivity contribution is 5.90. The summed E-state index contributed by atoms with van der Waals surface area (Å²) in [6.07, 6.45) is 7.91. The van der Waals surface area contributed by atoms with Gasteiger partial charge in [0.2, 0.25) is 0 Å². The molecule has 4 heteroatoms. The largest absolute Gasteiger partial charge is 0.466 e. The van der Waals surface area contributed by atoms with Crippen LogP contribution in [0.2, 0.25) is 0 Å². The van der Waals surface area contributed by atoms with E-state index in [-0.39, 0.29) is 16.7 Å². The molecule has 0 aromatic carbocycles. The van der Waals surface area contributed by atoms with E-state index in [2.05, 4.69) is 27.7 Å². The number of hydrogen-bond acceptors (Lipinski definition) is 4. The number of carbonyl (C=O) groups excluding carboxylic acids is 1. The lowest BCUT2D eigenvalue weighted by Crippen LogP contribution is -2.67. The number of aliphatic hydroxyl groups is 2. The average molecular weight is 405 g/mol. The van der Waals surface area contributed by atoms with Crippen LogP contribution in [0.5, 0.6) is 0 Å². The Morgan fingerprint density at radius 2 is 1.66 bits per heavy atom. The molecule has 29 heavy (non-hydrogen) atoms. The molecule has 164 valence electrons. The minimum absolute atomic E-state index is 0.0613. The number of ether oxygens (including phenoxy) is 1. The summed E-state index contributed by atoms with van der Waals surface area (Å²) in [4.78, 5) is 12.2. The van der Waals surface area contributed by atoms with Gasteiger partial charge in [0, 0.05) is 5.41 Å². The maximum Gasteiger partial charge on any atom is 0.336 e. The van der Waals surface area contributed by atoms with Gasteiger partial charge in [-0.15, -0.1) is 0 Å². The molecule has 0 heterocycles. The van der Waals surface area contributed by atoms with Crippen molar-refractivity contribution < 1.29 is 19.7 Å². The monoisotopic (exact) mass is 404 g/mol. The second-order valence-corrected chi connectivity index (χ2v) is 12.0. The summed E-state index contributed by atoms with van der Waals surface area (Å²) in [5, 5.41) is 22.7. The Balaban J connectivity index is 1.77. The molecule has 0 saturated heterocycles. The van der Waals surface area contributed by atoms with Crippen LogP contribution < -0.4 is 0 Å². The summed E-state index contributed by atoms with van der Waals surface area (Å²) >= 11 is 0. The molecule has 2 N–H and O–H groups in total. The molecule has 4 aliphatic rings. The van der Waals surface area contributed by atoms with Crippen LogP contribution in [0.4, 0.5) is 0 Å². The van der Waals surface area contributed by atoms with Crippen molar-refractivity contribution in [2.24, 2.45) is 39.4 Å². The first kappa shape index (κ1) is 21.4. The highest BCUT2D eigenvalue weighted by Crippen LogP contribution is 2.72. The van der Waals surface area contributed by atoms with E-state index in [0.29, 0.717) is 22.8 Å². The molecule has 3 fully saturated rings. The Hall–Kier alpha value is -0.870. The summed E-state index contributed by atoms with van der Waals surface area (Å²) in [7, 11) is 1.35. The molecule has 4 nitrogen and oxygen atoms in total. The molecule has 0 aromatic heterocycles. The standard InChI is InChI=1S/C25H40O4/c1-22(2)11-7-12-23(3)16(22)10-13-24(4)17-9-8-15(21(28)29-6)20(27)25(17,5)19(26)14-18(23)24/h8,16-20,26-27H,7,9-14H2,1-6H3. The molecular formula is C25H40O4. The lowest BCUT2D eigenvalue weighted by Gasteiger charge is -2.70. The van der Waals surface area contributed by atoms with Crippen molar-refractivity contribution in [3.8, 4) is 0 Å². The highest BCUT2D eigenvalue weighted by atomic mass is 16.5. The third-order valence-electron chi connectivity index (χ3n) is 10.4. The van der Waals surface area contributed by atoms with E-state index in [1.165, 1.54) is 32.8 Å². The molecular weight excluding hydrogens is 364 g/mol. The zero-order chi connectivity index (χ0) is 21.4. The normalized spacial score (nSPS) is 51.2. The van der Waals surface area contributed by atoms with Gasteiger partial charge >= 0.3 is 5.97 Å². The zero-order valence-corrected chi connectivity index (χ0v) is 19.1. The SMILES string of the molecule is COC(=O)C1=CCC2C3(C)CCC4C(C)(C)CCCC4(C)C3CC(O)C2(C)C1O. The number of rotatable bonds is 1. The van der Waals surface area contributed by atoms with Crippen LogP contribution in [0, 0.1) is 39.4 Å². The van der Waals surface area contributed by atoms with Crippen molar-refractivity contribution >= 4 is 5.97 Å². The minimum atomic E-state index is -0.977. The number of carbonyl (C=O) groups is 1. The van der Waals surface area contributed by atoms with Gasteiger partial charge in [-0.25, -0.2) is 4.79 Å². The maximum atomic E-state index is 12.2. The fraction of sp³-hybridized carbons (Fsp3) is 0.880. The lowest BCUT2D eigenvalue weighted by atomic mass is 9.35. The van der Waals surface area contributed by atoms with E-state index in [1.54, 1.807) is 0 Å². The topological polar surface area (TPSA) is 66.8 Å². The molecule has 0 bridgehead atoms. The van der Waals surface area contributed by atoms with Gasteiger partial charge < -0.3 is 14.9 Å². The summed E-state index contributed by atoms with van der Waals surface area (Å²) in [6.45, 7) is 11.8. The lowest BCUT2D eigenvalue weighted by molar-refractivity contribution is -0.241. The summed E-state index contributed by atoms with van der Waals surface area (Å²) in [6, 6.07) is 0. The maximum absolute atomic E-state index is 12.2. The van der Waals surface area contributed by atoms with Crippen LogP contribution in [0.25, 0.3) is 0 Å². The molecule has 0 spiro atoms. The van der Waals surface area contributed by atoms with Gasteiger partial charge in [0.15, 0.2) is 0 Å². The number of allylic oxidation sites excluding steroid dienone is 1. The Kier molecular flexibility index (Phi) is 4.83. The first-order valence-corrected chi connectivity index (χ1v) is 11.6. The molecule has 0 radical (unpaired) electrons. The Labute approximate surface area is 176 Å². The Bertz CT molecular complexity index is 726. The van der Waals surface area contributed by atoms with Crippen LogP contribution in [0.15, 0.2) is 11.6 Å². The van der Waals surface area contributed by atoms with Gasteiger partial charge in [-0.3, -0.25) is 0 Å². The van der Waals surface area contributed by atoms with Crippen molar-refractivity contribution in [2.45, 2.75) is 91.8 Å². The van der Waals surface area contributed by atoms with Crippen LogP contribution in [-0.2, 0) is 9.53 Å². The number of aliphatic hydroxyl groups excluding tert-OH is 2. The summed E-state index contributed by atoms with van der Waals surface area (Å²) < 4.78 is 4.91. The molecule has 8 unspecified atom stereocenters. The van der Waals surface area contributed by atoms with Crippen LogP contribution in [-0.4, -0.2) is 35.5 Å². The van der Waals surface area contributed by atoms with E-state index < -0.39 is 23.6 Å². The first-order valence-electron chi connectivity index (χ1n) is 11.6. The van der Waals surface area contributed by atoms with Crippen molar-refractivity contribution in [3.63, 3.8) is 0 Å². The quantitative estimate of drug-likeness (QED) is 0.632. The third-order valence-corrected chi connectivity index (χ3v) is 10.4. The predicted molar refractivity (Wildman–Crippen MR) is 113 cm³/mol. The van der Waals surface area contributed by atoms with Gasteiger partial charge in [-0.05, 0) is 72.5 Å². The Morgan fingerprint density at radius 3 is 2.31 bits per heavy atom. The number of fused-ring (bicyclic) bond motifs is 5. The fourth-order valence-electron chi connectivity index (χ4n) is 8.96. The van der Waals surface area contributed by atoms with E-state index in [9.17, 15) is 15.0 Å². The fourth-order valence-corrected chi connectivity index (χ4v) is 8.96. The second kappa shape index (κ2) is 6.56. The number of esters is 1. The minimum Gasteiger partial charge on any atom is -0.466 e. The molecule has 0 aliphatic heterocycles. The average Bonchev–Trinajstić information content (AvgIpc) is 2.64. The van der Waals surface area contributed by atoms with Crippen molar-refractivity contribution in [1.29, 1.82) is 0 Å². The molecule has 0 amide bonds. The van der Waals surface area contributed by atoms with Gasteiger partial charge in [-0.2, -0.15) is 0 Å². The third kappa shape index (κ3) is 2.67. The van der Waals surface area contributed by atoms with Crippen LogP contribution in [0.1, 0.15) is 79.6 Å². The number of methoxy groups -OCH3 is 1.